The molecule has 0 aliphatic heterocycles. The van der Waals surface area contributed by atoms with Crippen molar-refractivity contribution in [1.29, 1.82) is 0 Å². The quantitative estimate of drug-likeness (QED) is 0.875. The molecule has 0 heterocycles. The van der Waals surface area contributed by atoms with Crippen molar-refractivity contribution >= 4 is 5.91 Å². The number of hydrogen-bond acceptors (Lipinski definition) is 2. The second-order valence-corrected chi connectivity index (χ2v) is 4.75. The molecule has 0 aromatic heterocycles. The third-order valence-electron chi connectivity index (χ3n) is 3.37. The van der Waals surface area contributed by atoms with Gasteiger partial charge >= 0.3 is 0 Å². The van der Waals surface area contributed by atoms with Crippen molar-refractivity contribution in [2.45, 2.75) is 25.9 Å². The van der Waals surface area contributed by atoms with Crippen LogP contribution in [0.15, 0.2) is 54.6 Å². The lowest BCUT2D eigenvalue weighted by Crippen LogP contribution is -2.28. The molecule has 1 amide bonds. The van der Waals surface area contributed by atoms with Crippen molar-refractivity contribution in [3.63, 3.8) is 0 Å². The summed E-state index contributed by atoms with van der Waals surface area (Å²) in [5.74, 6) is -0.0516. The average Bonchev–Trinajstić information content (AvgIpc) is 2.53. The first-order valence-corrected chi connectivity index (χ1v) is 6.89. The van der Waals surface area contributed by atoms with Crippen LogP contribution in [0.5, 0.6) is 0 Å². The molecule has 0 radical (unpaired) electrons. The van der Waals surface area contributed by atoms with Gasteiger partial charge in [-0.15, -0.1) is 0 Å². The van der Waals surface area contributed by atoms with Crippen LogP contribution in [0, 0.1) is 0 Å². The van der Waals surface area contributed by atoms with E-state index in [0.717, 1.165) is 17.5 Å². The Morgan fingerprint density at radius 1 is 1.10 bits per heavy atom. The zero-order chi connectivity index (χ0) is 14.4. The Morgan fingerprint density at radius 2 is 1.75 bits per heavy atom. The summed E-state index contributed by atoms with van der Waals surface area (Å²) in [5.41, 5.74) is 8.37. The van der Waals surface area contributed by atoms with Gasteiger partial charge in [-0.1, -0.05) is 49.4 Å². The van der Waals surface area contributed by atoms with E-state index in [-0.39, 0.29) is 11.9 Å². The highest BCUT2D eigenvalue weighted by Crippen LogP contribution is 2.16. The van der Waals surface area contributed by atoms with E-state index < -0.39 is 0 Å². The molecule has 3 nitrogen and oxygen atoms in total. The van der Waals surface area contributed by atoms with E-state index in [0.29, 0.717) is 12.1 Å². The maximum Gasteiger partial charge on any atom is 0.251 e. The third-order valence-corrected chi connectivity index (χ3v) is 3.37. The highest BCUT2D eigenvalue weighted by molar-refractivity contribution is 5.94. The normalized spacial score (nSPS) is 11.9. The zero-order valence-electron chi connectivity index (χ0n) is 11.7. The van der Waals surface area contributed by atoms with Gasteiger partial charge in [0.05, 0.1) is 6.04 Å². The fraction of sp³-hybridized carbons (Fsp3) is 0.235. The molecular formula is C17H20N2O. The standard InChI is InChI=1S/C17H20N2O/c1-2-16(14-6-4-3-5-7-14)19-17(20)15-10-8-13(12-18)9-11-15/h3-11,16H,2,12,18H2,1H3,(H,19,20). The Bertz CT molecular complexity index is 549. The van der Waals surface area contributed by atoms with E-state index in [9.17, 15) is 4.79 Å². The predicted octanol–water partition coefficient (Wildman–Crippen LogP) is 3.03. The topological polar surface area (TPSA) is 55.1 Å². The van der Waals surface area contributed by atoms with Gasteiger partial charge in [0.15, 0.2) is 0 Å². The molecule has 104 valence electrons. The van der Waals surface area contributed by atoms with Gasteiger partial charge in [0.2, 0.25) is 0 Å². The number of hydrogen-bond donors (Lipinski definition) is 2. The maximum atomic E-state index is 12.2. The molecule has 0 aliphatic carbocycles. The van der Waals surface area contributed by atoms with Crippen LogP contribution >= 0.6 is 0 Å². The molecule has 0 aliphatic rings. The third kappa shape index (κ3) is 3.45. The maximum absolute atomic E-state index is 12.2. The van der Waals surface area contributed by atoms with Crippen LogP contribution in [0.1, 0.15) is 40.9 Å². The van der Waals surface area contributed by atoms with Crippen molar-refractivity contribution in [1.82, 2.24) is 5.32 Å². The smallest absolute Gasteiger partial charge is 0.251 e. The van der Waals surface area contributed by atoms with Gasteiger partial charge in [-0.2, -0.15) is 0 Å². The molecule has 0 saturated carbocycles. The second kappa shape index (κ2) is 6.87. The minimum Gasteiger partial charge on any atom is -0.345 e. The summed E-state index contributed by atoms with van der Waals surface area (Å²) >= 11 is 0. The predicted molar refractivity (Wildman–Crippen MR) is 81.3 cm³/mol. The molecule has 1 unspecified atom stereocenters. The number of carbonyl (C=O) groups is 1. The molecule has 20 heavy (non-hydrogen) atoms. The van der Waals surface area contributed by atoms with Crippen molar-refractivity contribution in [3.05, 3.63) is 71.3 Å². The molecule has 2 aromatic carbocycles. The van der Waals surface area contributed by atoms with E-state index in [1.54, 1.807) is 0 Å². The largest absolute Gasteiger partial charge is 0.345 e. The van der Waals surface area contributed by atoms with Gasteiger partial charge in [-0.05, 0) is 29.7 Å². The van der Waals surface area contributed by atoms with E-state index in [2.05, 4.69) is 12.2 Å². The summed E-state index contributed by atoms with van der Waals surface area (Å²) in [5, 5.41) is 3.07. The number of benzene rings is 2. The number of amides is 1. The van der Waals surface area contributed by atoms with E-state index in [1.807, 2.05) is 54.6 Å². The summed E-state index contributed by atoms with van der Waals surface area (Å²) in [7, 11) is 0. The lowest BCUT2D eigenvalue weighted by molar-refractivity contribution is 0.0935. The van der Waals surface area contributed by atoms with E-state index in [4.69, 9.17) is 5.73 Å². The summed E-state index contributed by atoms with van der Waals surface area (Å²) < 4.78 is 0. The van der Waals surface area contributed by atoms with Crippen LogP contribution in [0.2, 0.25) is 0 Å². The van der Waals surface area contributed by atoms with Gasteiger partial charge < -0.3 is 11.1 Å². The van der Waals surface area contributed by atoms with Crippen molar-refractivity contribution in [3.8, 4) is 0 Å². The number of rotatable bonds is 5. The van der Waals surface area contributed by atoms with Crippen LogP contribution in [-0.4, -0.2) is 5.91 Å². The minimum atomic E-state index is -0.0516. The molecule has 0 saturated heterocycles. The van der Waals surface area contributed by atoms with Crippen LogP contribution in [0.25, 0.3) is 0 Å². The minimum absolute atomic E-state index is 0.0397. The molecule has 0 bridgehead atoms. The fourth-order valence-electron chi connectivity index (χ4n) is 2.14. The average molecular weight is 268 g/mol. The molecular weight excluding hydrogens is 248 g/mol. The molecule has 3 heteroatoms. The van der Waals surface area contributed by atoms with Gasteiger partial charge in [-0.3, -0.25) is 4.79 Å². The lowest BCUT2D eigenvalue weighted by Gasteiger charge is -2.17. The lowest BCUT2D eigenvalue weighted by atomic mass is 10.0. The zero-order valence-corrected chi connectivity index (χ0v) is 11.7. The first-order chi connectivity index (χ1) is 9.74. The summed E-state index contributed by atoms with van der Waals surface area (Å²) in [6.45, 7) is 2.55. The molecule has 0 spiro atoms. The molecule has 3 N–H and O–H groups in total. The molecule has 1 atom stereocenters. The number of nitrogens with two attached hydrogens (primary N) is 1. The SMILES string of the molecule is CCC(NC(=O)c1ccc(CN)cc1)c1ccccc1. The Hall–Kier alpha value is -2.13. The monoisotopic (exact) mass is 268 g/mol. The van der Waals surface area contributed by atoms with Crippen LogP contribution < -0.4 is 11.1 Å². The van der Waals surface area contributed by atoms with Crippen molar-refractivity contribution in [2.75, 3.05) is 0 Å². The van der Waals surface area contributed by atoms with Gasteiger partial charge in [0.25, 0.3) is 5.91 Å². The Labute approximate surface area is 119 Å². The number of nitrogens with one attached hydrogen (secondary N) is 1. The second-order valence-electron chi connectivity index (χ2n) is 4.75. The summed E-state index contributed by atoms with van der Waals surface area (Å²) in [4.78, 5) is 12.2. The van der Waals surface area contributed by atoms with Gasteiger partial charge in [0.1, 0.15) is 0 Å². The highest BCUT2D eigenvalue weighted by atomic mass is 16.1. The van der Waals surface area contributed by atoms with Crippen LogP contribution in [-0.2, 0) is 6.54 Å². The number of carbonyl (C=O) groups excluding carboxylic acids is 1. The molecule has 0 fully saturated rings. The molecule has 2 aromatic rings. The Morgan fingerprint density at radius 3 is 2.30 bits per heavy atom. The fourth-order valence-corrected chi connectivity index (χ4v) is 2.14. The van der Waals surface area contributed by atoms with Gasteiger partial charge in [0, 0.05) is 12.1 Å². The van der Waals surface area contributed by atoms with E-state index >= 15 is 0 Å². The van der Waals surface area contributed by atoms with Gasteiger partial charge in [-0.25, -0.2) is 0 Å². The van der Waals surface area contributed by atoms with Crippen LogP contribution in [0.4, 0.5) is 0 Å². The van der Waals surface area contributed by atoms with Crippen molar-refractivity contribution < 1.29 is 4.79 Å². The Balaban J connectivity index is 2.09. The first kappa shape index (κ1) is 14.3. The summed E-state index contributed by atoms with van der Waals surface area (Å²) in [6.07, 6.45) is 0.858. The first-order valence-electron chi connectivity index (χ1n) is 6.89. The Kier molecular flexibility index (Phi) is 4.91. The van der Waals surface area contributed by atoms with E-state index in [1.165, 1.54) is 0 Å². The van der Waals surface area contributed by atoms with Crippen molar-refractivity contribution in [2.24, 2.45) is 5.73 Å². The van der Waals surface area contributed by atoms with Crippen LogP contribution in [0.3, 0.4) is 0 Å². The summed E-state index contributed by atoms with van der Waals surface area (Å²) in [6, 6.07) is 17.5. The molecule has 2 rings (SSSR count). The highest BCUT2D eigenvalue weighted by Gasteiger charge is 2.13.